The number of nitrogen functional groups attached to an aromatic ring is 1. The fraction of sp³-hybridized carbons (Fsp3) is 0.294. The Morgan fingerprint density at radius 1 is 0.952 bits per heavy atom. The van der Waals surface area contributed by atoms with E-state index >= 15 is 0 Å². The Morgan fingerprint density at radius 3 is 2.05 bits per heavy atom. The van der Waals surface area contributed by atoms with E-state index in [-0.39, 0.29) is 0 Å². The molecule has 21 heavy (non-hydrogen) atoms. The summed E-state index contributed by atoms with van der Waals surface area (Å²) in [5.74, 6) is 0. The number of anilines is 1. The van der Waals surface area contributed by atoms with Gasteiger partial charge in [-0.1, -0.05) is 41.4 Å². The molecule has 0 amide bonds. The van der Waals surface area contributed by atoms with E-state index < -0.39 is 0 Å². The summed E-state index contributed by atoms with van der Waals surface area (Å²) in [5, 5.41) is 1.43. The summed E-state index contributed by atoms with van der Waals surface area (Å²) in [5.41, 5.74) is 8.71. The van der Waals surface area contributed by atoms with Crippen LogP contribution in [0.5, 0.6) is 0 Å². The van der Waals surface area contributed by atoms with E-state index in [0.29, 0.717) is 16.1 Å². The summed E-state index contributed by atoms with van der Waals surface area (Å²) < 4.78 is 0. The van der Waals surface area contributed by atoms with Crippen LogP contribution in [0.1, 0.15) is 25.0 Å². The van der Waals surface area contributed by atoms with E-state index in [1.54, 1.807) is 0 Å². The zero-order chi connectivity index (χ0) is 15.4. The van der Waals surface area contributed by atoms with E-state index in [1.165, 1.54) is 5.56 Å². The van der Waals surface area contributed by atoms with Gasteiger partial charge in [0.25, 0.3) is 0 Å². The lowest BCUT2D eigenvalue weighted by atomic mass is 10.1. The fourth-order valence-electron chi connectivity index (χ4n) is 2.17. The van der Waals surface area contributed by atoms with Gasteiger partial charge in [-0.2, -0.15) is 0 Å². The molecule has 2 rings (SSSR count). The molecule has 0 saturated heterocycles. The molecule has 0 atom stereocenters. The number of nitrogens with two attached hydrogens (primary N) is 1. The molecule has 0 aliphatic rings. The third-order valence-corrected chi connectivity index (χ3v) is 4.23. The molecule has 0 saturated carbocycles. The van der Waals surface area contributed by atoms with Gasteiger partial charge in [0.05, 0.1) is 0 Å². The number of rotatable bonds is 5. The van der Waals surface area contributed by atoms with Crippen molar-refractivity contribution in [3.63, 3.8) is 0 Å². The normalized spacial score (nSPS) is 11.3. The highest BCUT2D eigenvalue weighted by Gasteiger charge is 2.15. The maximum absolute atomic E-state index is 6.27. The van der Waals surface area contributed by atoms with Gasteiger partial charge >= 0.3 is 0 Å². The highest BCUT2D eigenvalue weighted by Crippen LogP contribution is 2.27. The van der Waals surface area contributed by atoms with Crippen molar-refractivity contribution in [2.45, 2.75) is 33.0 Å². The van der Waals surface area contributed by atoms with Crippen LogP contribution in [-0.2, 0) is 13.1 Å². The third kappa shape index (κ3) is 4.37. The molecule has 0 unspecified atom stereocenters. The summed E-state index contributed by atoms with van der Waals surface area (Å²) in [7, 11) is 0. The highest BCUT2D eigenvalue weighted by molar-refractivity contribution is 6.35. The van der Waals surface area contributed by atoms with Crippen LogP contribution in [0.15, 0.2) is 42.5 Å². The molecule has 0 aliphatic carbocycles. The van der Waals surface area contributed by atoms with E-state index in [9.17, 15) is 0 Å². The Kier molecular flexibility index (Phi) is 5.51. The predicted molar refractivity (Wildman–Crippen MR) is 91.7 cm³/mol. The second-order valence-corrected chi connectivity index (χ2v) is 6.25. The number of benzene rings is 2. The van der Waals surface area contributed by atoms with Crippen LogP contribution >= 0.6 is 23.2 Å². The first kappa shape index (κ1) is 16.2. The SMILES string of the molecule is CC(C)N(Cc1ccc(N)cc1)Cc1c(Cl)cccc1Cl. The van der Waals surface area contributed by atoms with Crippen LogP contribution in [0.25, 0.3) is 0 Å². The first-order valence-corrected chi connectivity index (χ1v) is 7.74. The molecule has 0 radical (unpaired) electrons. The van der Waals surface area contributed by atoms with Crippen molar-refractivity contribution < 1.29 is 0 Å². The van der Waals surface area contributed by atoms with Crippen molar-refractivity contribution in [1.29, 1.82) is 0 Å². The van der Waals surface area contributed by atoms with Crippen molar-refractivity contribution >= 4 is 28.9 Å². The summed E-state index contributed by atoms with van der Waals surface area (Å²) >= 11 is 12.5. The van der Waals surface area contributed by atoms with E-state index in [4.69, 9.17) is 28.9 Å². The van der Waals surface area contributed by atoms with Gasteiger partial charge < -0.3 is 5.73 Å². The van der Waals surface area contributed by atoms with Gasteiger partial charge in [-0.25, -0.2) is 0 Å². The average Bonchev–Trinajstić information content (AvgIpc) is 2.43. The molecule has 2 aromatic rings. The first-order chi connectivity index (χ1) is 9.97. The number of hydrogen-bond donors (Lipinski definition) is 1. The van der Waals surface area contributed by atoms with Gasteiger partial charge in [-0.05, 0) is 43.7 Å². The average molecular weight is 323 g/mol. The predicted octanol–water partition coefficient (Wildman–Crippen LogP) is 4.99. The van der Waals surface area contributed by atoms with Crippen molar-refractivity contribution in [3.8, 4) is 0 Å². The monoisotopic (exact) mass is 322 g/mol. The molecular weight excluding hydrogens is 303 g/mol. The summed E-state index contributed by atoms with van der Waals surface area (Å²) in [4.78, 5) is 2.33. The van der Waals surface area contributed by atoms with E-state index in [2.05, 4.69) is 30.9 Å². The molecule has 2 nitrogen and oxygen atoms in total. The van der Waals surface area contributed by atoms with Crippen molar-refractivity contribution in [1.82, 2.24) is 4.90 Å². The van der Waals surface area contributed by atoms with Crippen molar-refractivity contribution in [3.05, 3.63) is 63.6 Å². The van der Waals surface area contributed by atoms with Crippen LogP contribution in [0.2, 0.25) is 10.0 Å². The largest absolute Gasteiger partial charge is 0.399 e. The molecule has 2 N–H and O–H groups in total. The van der Waals surface area contributed by atoms with Crippen LogP contribution in [0, 0.1) is 0 Å². The Labute approximate surface area is 136 Å². The lowest BCUT2D eigenvalue weighted by molar-refractivity contribution is 0.204. The van der Waals surface area contributed by atoms with Gasteiger partial charge in [-0.15, -0.1) is 0 Å². The smallest absolute Gasteiger partial charge is 0.0465 e. The number of hydrogen-bond acceptors (Lipinski definition) is 2. The van der Waals surface area contributed by atoms with E-state index in [0.717, 1.165) is 24.3 Å². The minimum Gasteiger partial charge on any atom is -0.399 e. The molecular formula is C17H20Cl2N2. The minimum absolute atomic E-state index is 0.384. The van der Waals surface area contributed by atoms with Gasteiger partial charge in [0, 0.05) is 40.4 Å². The highest BCUT2D eigenvalue weighted by atomic mass is 35.5. The Morgan fingerprint density at radius 2 is 1.52 bits per heavy atom. The molecule has 112 valence electrons. The first-order valence-electron chi connectivity index (χ1n) is 6.98. The molecule has 0 bridgehead atoms. The zero-order valence-corrected chi connectivity index (χ0v) is 13.8. The molecule has 0 aliphatic heterocycles. The minimum atomic E-state index is 0.384. The van der Waals surface area contributed by atoms with Gasteiger partial charge in [0.15, 0.2) is 0 Å². The van der Waals surface area contributed by atoms with Crippen molar-refractivity contribution in [2.24, 2.45) is 0 Å². The summed E-state index contributed by atoms with van der Waals surface area (Å²) in [6, 6.07) is 14.0. The Hall–Kier alpha value is -1.22. The number of halogens is 2. The molecule has 0 heterocycles. The molecule has 0 fully saturated rings. The zero-order valence-electron chi connectivity index (χ0n) is 12.3. The van der Waals surface area contributed by atoms with Crippen LogP contribution in [0.3, 0.4) is 0 Å². The summed E-state index contributed by atoms with van der Waals surface area (Å²) in [6.07, 6.45) is 0. The fourth-order valence-corrected chi connectivity index (χ4v) is 2.68. The topological polar surface area (TPSA) is 29.3 Å². The quantitative estimate of drug-likeness (QED) is 0.786. The molecule has 4 heteroatoms. The number of nitrogens with zero attached hydrogens (tertiary/aromatic N) is 1. The van der Waals surface area contributed by atoms with Gasteiger partial charge in [-0.3, -0.25) is 4.90 Å². The summed E-state index contributed by atoms with van der Waals surface area (Å²) in [6.45, 7) is 5.89. The van der Waals surface area contributed by atoms with E-state index in [1.807, 2.05) is 30.3 Å². The van der Waals surface area contributed by atoms with Crippen LogP contribution in [0.4, 0.5) is 5.69 Å². The van der Waals surface area contributed by atoms with Crippen LogP contribution in [-0.4, -0.2) is 10.9 Å². The van der Waals surface area contributed by atoms with Crippen molar-refractivity contribution in [2.75, 3.05) is 5.73 Å². The molecule has 2 aromatic carbocycles. The maximum atomic E-state index is 6.27. The third-order valence-electron chi connectivity index (χ3n) is 3.52. The Balaban J connectivity index is 2.18. The maximum Gasteiger partial charge on any atom is 0.0465 e. The Bertz CT molecular complexity index is 574. The van der Waals surface area contributed by atoms with Gasteiger partial charge in [0.1, 0.15) is 0 Å². The standard InChI is InChI=1S/C17H20Cl2N2/c1-12(2)21(10-13-6-8-14(20)9-7-13)11-15-16(18)4-3-5-17(15)19/h3-9,12H,10-11,20H2,1-2H3. The molecule has 0 aromatic heterocycles. The molecule has 0 spiro atoms. The lowest BCUT2D eigenvalue weighted by Gasteiger charge is -2.27. The van der Waals surface area contributed by atoms with Gasteiger partial charge in [0.2, 0.25) is 0 Å². The second kappa shape index (κ2) is 7.17. The second-order valence-electron chi connectivity index (χ2n) is 5.44. The van der Waals surface area contributed by atoms with Crippen LogP contribution < -0.4 is 5.73 Å². The lowest BCUT2D eigenvalue weighted by Crippen LogP contribution is -2.30.